The van der Waals surface area contributed by atoms with Crippen LogP contribution >= 0.6 is 27.5 Å². The summed E-state index contributed by atoms with van der Waals surface area (Å²) in [5, 5.41) is 7.84. The van der Waals surface area contributed by atoms with Crippen LogP contribution in [-0.4, -0.2) is 24.6 Å². The van der Waals surface area contributed by atoms with Gasteiger partial charge in [-0.05, 0) is 27.5 Å². The molecule has 0 spiro atoms. The molecule has 0 fully saturated rings. The second kappa shape index (κ2) is 2.68. The number of hydrogen-bond acceptors (Lipinski definition) is 3. The number of aromatic amines is 1. The Morgan fingerprint density at radius 3 is 3.14 bits per heavy atom. The summed E-state index contributed by atoms with van der Waals surface area (Å²) in [4.78, 5) is 8.40. The number of hydrogen-bond donors (Lipinski definition) is 1. The van der Waals surface area contributed by atoms with E-state index in [0.717, 1.165) is 15.6 Å². The Labute approximate surface area is 91.2 Å². The molecular formula is C7H3BrClN5. The van der Waals surface area contributed by atoms with E-state index in [2.05, 4.69) is 36.1 Å². The fraction of sp³-hybridized carbons (Fsp3) is 0. The van der Waals surface area contributed by atoms with E-state index in [1.165, 1.54) is 0 Å². The number of imidazole rings is 1. The lowest BCUT2D eigenvalue weighted by Gasteiger charge is -1.95. The first-order chi connectivity index (χ1) is 6.75. The minimum absolute atomic E-state index is 0.356. The molecule has 0 amide bonds. The molecule has 0 aliphatic heterocycles. The smallest absolute Gasteiger partial charge is 0.210 e. The second-order valence-corrected chi connectivity index (χ2v) is 3.92. The highest BCUT2D eigenvalue weighted by Gasteiger charge is 2.10. The van der Waals surface area contributed by atoms with E-state index in [1.54, 1.807) is 16.8 Å². The molecule has 3 heterocycles. The summed E-state index contributed by atoms with van der Waals surface area (Å²) in [5.41, 5.74) is 1.38. The summed E-state index contributed by atoms with van der Waals surface area (Å²) in [6.45, 7) is 0. The van der Waals surface area contributed by atoms with E-state index in [-0.39, 0.29) is 0 Å². The van der Waals surface area contributed by atoms with Gasteiger partial charge in [-0.15, -0.1) is 0 Å². The van der Waals surface area contributed by atoms with Crippen molar-refractivity contribution in [3.8, 4) is 0 Å². The molecule has 3 aromatic rings. The summed E-state index contributed by atoms with van der Waals surface area (Å²) in [6, 6.07) is 0. The van der Waals surface area contributed by atoms with Crippen molar-refractivity contribution in [1.82, 2.24) is 24.6 Å². The lowest BCUT2D eigenvalue weighted by Crippen LogP contribution is -1.90. The van der Waals surface area contributed by atoms with Crippen LogP contribution in [-0.2, 0) is 0 Å². The quantitative estimate of drug-likeness (QED) is 0.637. The van der Waals surface area contributed by atoms with Crippen LogP contribution in [0.15, 0.2) is 17.0 Å². The van der Waals surface area contributed by atoms with Gasteiger partial charge in [0.05, 0.1) is 11.6 Å². The highest BCUT2D eigenvalue weighted by atomic mass is 79.9. The van der Waals surface area contributed by atoms with Crippen LogP contribution in [0.2, 0.25) is 5.28 Å². The number of halogens is 2. The molecule has 0 aliphatic carbocycles. The van der Waals surface area contributed by atoms with Crippen molar-refractivity contribution in [2.24, 2.45) is 0 Å². The topological polar surface area (TPSA) is 58.9 Å². The molecule has 3 rings (SSSR count). The summed E-state index contributed by atoms with van der Waals surface area (Å²) in [5.74, 6) is 0. The van der Waals surface area contributed by atoms with Crippen molar-refractivity contribution in [2.75, 3.05) is 0 Å². The van der Waals surface area contributed by atoms with Gasteiger partial charge in [0.25, 0.3) is 0 Å². The number of nitrogens with one attached hydrogen (secondary N) is 1. The van der Waals surface area contributed by atoms with Crippen LogP contribution in [0.1, 0.15) is 0 Å². The molecule has 0 aromatic carbocycles. The Hall–Kier alpha value is -1.14. The van der Waals surface area contributed by atoms with Crippen molar-refractivity contribution in [3.05, 3.63) is 22.3 Å². The first-order valence-corrected chi connectivity index (χ1v) is 4.96. The van der Waals surface area contributed by atoms with Crippen LogP contribution in [0.5, 0.6) is 0 Å². The van der Waals surface area contributed by atoms with Gasteiger partial charge in [-0.3, -0.25) is 9.50 Å². The largest absolute Gasteiger partial charge is 0.273 e. The summed E-state index contributed by atoms with van der Waals surface area (Å²) in [6.07, 6.45) is 3.44. The van der Waals surface area contributed by atoms with E-state index in [4.69, 9.17) is 11.6 Å². The van der Waals surface area contributed by atoms with Gasteiger partial charge in [0.15, 0.2) is 11.3 Å². The lowest BCUT2D eigenvalue weighted by molar-refractivity contribution is 1.07. The molecular weight excluding hydrogens is 269 g/mol. The first kappa shape index (κ1) is 8.19. The Bertz CT molecular complexity index is 627. The Balaban J connectivity index is 2.65. The fourth-order valence-corrected chi connectivity index (χ4v) is 1.94. The van der Waals surface area contributed by atoms with Crippen LogP contribution < -0.4 is 0 Å². The van der Waals surface area contributed by atoms with E-state index >= 15 is 0 Å². The van der Waals surface area contributed by atoms with Gasteiger partial charge in [0.2, 0.25) is 5.28 Å². The summed E-state index contributed by atoms with van der Waals surface area (Å²) >= 11 is 9.23. The summed E-state index contributed by atoms with van der Waals surface area (Å²) in [7, 11) is 0. The minimum atomic E-state index is 0.356. The Morgan fingerprint density at radius 1 is 1.43 bits per heavy atom. The average Bonchev–Trinajstić information content (AvgIpc) is 2.69. The van der Waals surface area contributed by atoms with Crippen LogP contribution in [0.25, 0.3) is 16.7 Å². The number of nitrogens with zero attached hydrogens (tertiary/aromatic N) is 4. The molecule has 7 heteroatoms. The van der Waals surface area contributed by atoms with Gasteiger partial charge < -0.3 is 0 Å². The first-order valence-electron chi connectivity index (χ1n) is 3.79. The Morgan fingerprint density at radius 2 is 2.29 bits per heavy atom. The number of rotatable bonds is 0. The maximum absolute atomic E-state index is 5.95. The van der Waals surface area contributed by atoms with E-state index in [1.807, 2.05) is 0 Å². The zero-order chi connectivity index (χ0) is 9.71. The lowest BCUT2D eigenvalue weighted by atomic mass is 10.4. The predicted molar refractivity (Wildman–Crippen MR) is 55.3 cm³/mol. The molecule has 1 N–H and O–H groups in total. The van der Waals surface area contributed by atoms with Gasteiger partial charge in [-0.25, -0.2) is 4.98 Å². The minimum Gasteiger partial charge on any atom is -0.273 e. The zero-order valence-electron chi connectivity index (χ0n) is 6.70. The summed E-state index contributed by atoms with van der Waals surface area (Å²) < 4.78 is 2.42. The third-order valence-corrected chi connectivity index (χ3v) is 2.59. The predicted octanol–water partition coefficient (Wildman–Crippen LogP) is 2.02. The molecule has 0 radical (unpaired) electrons. The SMILES string of the molecule is Clc1nc2[nH]ncc2c2nc(Br)cn12. The van der Waals surface area contributed by atoms with Gasteiger partial charge in [-0.2, -0.15) is 10.1 Å². The van der Waals surface area contributed by atoms with E-state index in [0.29, 0.717) is 10.9 Å². The van der Waals surface area contributed by atoms with Gasteiger partial charge in [0.1, 0.15) is 4.60 Å². The van der Waals surface area contributed by atoms with Crippen molar-refractivity contribution >= 4 is 44.2 Å². The molecule has 14 heavy (non-hydrogen) atoms. The highest BCUT2D eigenvalue weighted by molar-refractivity contribution is 9.10. The molecule has 0 atom stereocenters. The van der Waals surface area contributed by atoms with E-state index < -0.39 is 0 Å². The molecule has 5 nitrogen and oxygen atoms in total. The Kier molecular flexibility index (Phi) is 1.57. The third kappa shape index (κ3) is 0.978. The van der Waals surface area contributed by atoms with Crippen LogP contribution in [0.4, 0.5) is 0 Å². The zero-order valence-corrected chi connectivity index (χ0v) is 9.04. The monoisotopic (exact) mass is 271 g/mol. The molecule has 0 unspecified atom stereocenters. The standard InChI is InChI=1S/C7H3BrClN5/c8-4-2-14-6(11-4)3-1-10-13-5(3)12-7(14)9/h1-2H,(H,10,13). The maximum atomic E-state index is 5.95. The average molecular weight is 272 g/mol. The third-order valence-electron chi connectivity index (χ3n) is 1.94. The van der Waals surface area contributed by atoms with Crippen molar-refractivity contribution in [1.29, 1.82) is 0 Å². The second-order valence-electron chi connectivity index (χ2n) is 2.77. The molecule has 0 aliphatic rings. The van der Waals surface area contributed by atoms with Gasteiger partial charge in [0, 0.05) is 6.20 Å². The van der Waals surface area contributed by atoms with Crippen molar-refractivity contribution < 1.29 is 0 Å². The van der Waals surface area contributed by atoms with Crippen molar-refractivity contribution in [2.45, 2.75) is 0 Å². The number of aromatic nitrogens is 5. The van der Waals surface area contributed by atoms with Crippen LogP contribution in [0, 0.1) is 0 Å². The number of H-pyrrole nitrogens is 1. The van der Waals surface area contributed by atoms with Gasteiger partial charge in [-0.1, -0.05) is 0 Å². The normalized spacial score (nSPS) is 11.6. The fourth-order valence-electron chi connectivity index (χ4n) is 1.36. The highest BCUT2D eigenvalue weighted by Crippen LogP contribution is 2.21. The van der Waals surface area contributed by atoms with Crippen LogP contribution in [0.3, 0.4) is 0 Å². The van der Waals surface area contributed by atoms with E-state index in [9.17, 15) is 0 Å². The molecule has 0 saturated carbocycles. The molecule has 0 saturated heterocycles. The van der Waals surface area contributed by atoms with Gasteiger partial charge >= 0.3 is 0 Å². The number of fused-ring (bicyclic) bond motifs is 3. The molecule has 70 valence electrons. The van der Waals surface area contributed by atoms with Crippen molar-refractivity contribution in [3.63, 3.8) is 0 Å². The molecule has 0 bridgehead atoms. The molecule has 3 aromatic heterocycles. The maximum Gasteiger partial charge on any atom is 0.210 e.